The highest BCUT2D eigenvalue weighted by molar-refractivity contribution is 6.12. The van der Waals surface area contributed by atoms with Crippen LogP contribution < -0.4 is 5.32 Å². The van der Waals surface area contributed by atoms with Crippen LogP contribution in [-0.4, -0.2) is 35.7 Å². The minimum Gasteiger partial charge on any atom is -0.354 e. The van der Waals surface area contributed by atoms with Crippen LogP contribution in [0.1, 0.15) is 21.2 Å². The lowest BCUT2D eigenvalue weighted by atomic mass is 10.3. The van der Waals surface area contributed by atoms with Crippen molar-refractivity contribution < 1.29 is 15.8 Å². The monoisotopic (exact) mass is 212 g/mol. The predicted octanol–water partition coefficient (Wildman–Crippen LogP) is 0.0737. The van der Waals surface area contributed by atoms with Crippen molar-refractivity contribution >= 4 is 17.7 Å². The highest BCUT2D eigenvalue weighted by Gasteiger charge is 2.22. The Bertz CT molecular complexity index is 297. The summed E-state index contributed by atoms with van der Waals surface area (Å²) in [5.41, 5.74) is 0. The van der Waals surface area contributed by atoms with Crippen LogP contribution in [0.4, 0.5) is 0 Å². The van der Waals surface area contributed by atoms with Crippen molar-refractivity contribution in [3.8, 4) is 0 Å². The van der Waals surface area contributed by atoms with E-state index in [0.717, 1.165) is 11.3 Å². The molecule has 5 nitrogen and oxygen atoms in total. The zero-order valence-electron chi connectivity index (χ0n) is 8.66. The first-order valence-corrected chi connectivity index (χ1v) is 4.95. The van der Waals surface area contributed by atoms with Crippen LogP contribution in [0.25, 0.3) is 0 Å². The van der Waals surface area contributed by atoms with Crippen molar-refractivity contribution in [2.24, 2.45) is 0 Å². The van der Waals surface area contributed by atoms with Crippen LogP contribution in [0.2, 0.25) is 0 Å². The summed E-state index contributed by atoms with van der Waals surface area (Å²) in [4.78, 5) is 34.4. The largest absolute Gasteiger partial charge is 0.354 e. The maximum absolute atomic E-state index is 11.1. The standard InChI is InChI=1S/C10H14N2O3.H2/c1-2-3-8(13)11-6-7-12-9(14)4-5-10(12)15;/h4-5H,2-3,6-7H2,1H3,(H,11,13);1H. The van der Waals surface area contributed by atoms with Gasteiger partial charge < -0.3 is 5.32 Å². The molecule has 1 rings (SSSR count). The summed E-state index contributed by atoms with van der Waals surface area (Å²) in [6.45, 7) is 2.47. The van der Waals surface area contributed by atoms with Gasteiger partial charge >= 0.3 is 0 Å². The van der Waals surface area contributed by atoms with Gasteiger partial charge in [-0.05, 0) is 6.42 Å². The molecule has 1 aliphatic heterocycles. The van der Waals surface area contributed by atoms with E-state index in [1.54, 1.807) is 0 Å². The number of nitrogens with one attached hydrogen (secondary N) is 1. The molecular formula is C10H16N2O3. The molecule has 0 aromatic heterocycles. The quantitative estimate of drug-likeness (QED) is 0.656. The highest BCUT2D eigenvalue weighted by Crippen LogP contribution is 2.01. The maximum Gasteiger partial charge on any atom is 0.253 e. The number of imide groups is 1. The lowest BCUT2D eigenvalue weighted by Gasteiger charge is -2.13. The SMILES string of the molecule is CCCC(=O)NCCN1C(=O)C=CC1=O.[HH]. The van der Waals surface area contributed by atoms with Crippen LogP contribution in [0, 0.1) is 0 Å². The maximum atomic E-state index is 11.1. The summed E-state index contributed by atoms with van der Waals surface area (Å²) >= 11 is 0. The molecule has 0 aliphatic carbocycles. The fourth-order valence-electron chi connectivity index (χ4n) is 1.27. The van der Waals surface area contributed by atoms with Gasteiger partial charge in [-0.2, -0.15) is 0 Å². The second-order valence-corrected chi connectivity index (χ2v) is 3.26. The first kappa shape index (κ1) is 11.4. The number of nitrogens with zero attached hydrogens (tertiary/aromatic N) is 1. The van der Waals surface area contributed by atoms with Crippen LogP contribution in [-0.2, 0) is 14.4 Å². The topological polar surface area (TPSA) is 66.5 Å². The first-order valence-electron chi connectivity index (χ1n) is 4.95. The third-order valence-electron chi connectivity index (χ3n) is 2.04. The lowest BCUT2D eigenvalue weighted by molar-refractivity contribution is -0.137. The van der Waals surface area contributed by atoms with Gasteiger partial charge in [0.15, 0.2) is 0 Å². The van der Waals surface area contributed by atoms with Crippen LogP contribution in [0.15, 0.2) is 12.2 Å². The molecule has 84 valence electrons. The van der Waals surface area contributed by atoms with Gasteiger partial charge in [-0.15, -0.1) is 0 Å². The van der Waals surface area contributed by atoms with E-state index in [4.69, 9.17) is 0 Å². The fourth-order valence-corrected chi connectivity index (χ4v) is 1.27. The molecule has 1 aliphatic rings. The summed E-state index contributed by atoms with van der Waals surface area (Å²) < 4.78 is 0. The minimum absolute atomic E-state index is 0. The molecule has 0 spiro atoms. The van der Waals surface area contributed by atoms with Gasteiger partial charge in [-0.25, -0.2) is 0 Å². The van der Waals surface area contributed by atoms with E-state index in [9.17, 15) is 14.4 Å². The molecule has 0 saturated heterocycles. The molecule has 1 heterocycles. The van der Waals surface area contributed by atoms with Gasteiger partial charge in [0, 0.05) is 33.1 Å². The van der Waals surface area contributed by atoms with Crippen molar-refractivity contribution in [1.82, 2.24) is 10.2 Å². The Kier molecular flexibility index (Phi) is 4.03. The average molecular weight is 212 g/mol. The number of carbonyl (C=O) groups is 3. The Balaban J connectivity index is 0.00000225. The third kappa shape index (κ3) is 3.19. The molecule has 0 fully saturated rings. The van der Waals surface area contributed by atoms with Gasteiger partial charge in [-0.1, -0.05) is 6.92 Å². The summed E-state index contributed by atoms with van der Waals surface area (Å²) in [5.74, 6) is -0.681. The molecule has 5 heteroatoms. The molecule has 1 N–H and O–H groups in total. The zero-order chi connectivity index (χ0) is 11.3. The predicted molar refractivity (Wildman–Crippen MR) is 55.9 cm³/mol. The van der Waals surface area contributed by atoms with Crippen LogP contribution >= 0.6 is 0 Å². The van der Waals surface area contributed by atoms with Gasteiger partial charge in [0.1, 0.15) is 0 Å². The molecule has 15 heavy (non-hydrogen) atoms. The van der Waals surface area contributed by atoms with E-state index in [-0.39, 0.29) is 25.7 Å². The van der Waals surface area contributed by atoms with Gasteiger partial charge in [0.25, 0.3) is 11.8 Å². The molecule has 0 aromatic carbocycles. The summed E-state index contributed by atoms with van der Waals surface area (Å²) in [5, 5.41) is 2.64. The summed E-state index contributed by atoms with van der Waals surface area (Å²) in [6.07, 6.45) is 3.72. The van der Waals surface area contributed by atoms with Crippen molar-refractivity contribution in [1.29, 1.82) is 0 Å². The summed E-state index contributed by atoms with van der Waals surface area (Å²) in [7, 11) is 0. The Morgan fingerprint density at radius 2 is 2.00 bits per heavy atom. The minimum atomic E-state index is -0.315. The number of amides is 3. The van der Waals surface area contributed by atoms with E-state index in [0.29, 0.717) is 13.0 Å². The zero-order valence-corrected chi connectivity index (χ0v) is 8.66. The van der Waals surface area contributed by atoms with E-state index in [2.05, 4.69) is 5.32 Å². The Labute approximate surface area is 89.6 Å². The van der Waals surface area contributed by atoms with Crippen LogP contribution in [0.3, 0.4) is 0 Å². The van der Waals surface area contributed by atoms with Gasteiger partial charge in [0.2, 0.25) is 5.91 Å². The third-order valence-corrected chi connectivity index (χ3v) is 2.04. The molecule has 0 bridgehead atoms. The Hall–Kier alpha value is -1.65. The van der Waals surface area contributed by atoms with Crippen molar-refractivity contribution in [2.75, 3.05) is 13.1 Å². The van der Waals surface area contributed by atoms with Crippen molar-refractivity contribution in [3.05, 3.63) is 12.2 Å². The highest BCUT2D eigenvalue weighted by atomic mass is 16.2. The second kappa shape index (κ2) is 5.29. The molecule has 0 aromatic rings. The number of carbonyl (C=O) groups excluding carboxylic acids is 3. The second-order valence-electron chi connectivity index (χ2n) is 3.26. The fraction of sp³-hybridized carbons (Fsp3) is 0.500. The Morgan fingerprint density at radius 3 is 2.53 bits per heavy atom. The number of hydrogen-bond acceptors (Lipinski definition) is 3. The lowest BCUT2D eigenvalue weighted by Crippen LogP contribution is -2.38. The average Bonchev–Trinajstić information content (AvgIpc) is 2.49. The molecule has 0 saturated carbocycles. The normalized spacial score (nSPS) is 14.9. The van der Waals surface area contributed by atoms with Crippen LogP contribution in [0.5, 0.6) is 0 Å². The van der Waals surface area contributed by atoms with E-state index < -0.39 is 0 Å². The number of hydrogen-bond donors (Lipinski definition) is 1. The molecule has 3 amide bonds. The van der Waals surface area contributed by atoms with E-state index in [1.807, 2.05) is 6.92 Å². The van der Waals surface area contributed by atoms with E-state index >= 15 is 0 Å². The van der Waals surface area contributed by atoms with Gasteiger partial charge in [0.05, 0.1) is 0 Å². The molecule has 0 radical (unpaired) electrons. The van der Waals surface area contributed by atoms with E-state index in [1.165, 1.54) is 12.2 Å². The Morgan fingerprint density at radius 1 is 1.40 bits per heavy atom. The summed E-state index contributed by atoms with van der Waals surface area (Å²) in [6, 6.07) is 0. The van der Waals surface area contributed by atoms with Crippen molar-refractivity contribution in [3.63, 3.8) is 0 Å². The smallest absolute Gasteiger partial charge is 0.253 e. The van der Waals surface area contributed by atoms with Gasteiger partial charge in [-0.3, -0.25) is 19.3 Å². The first-order chi connectivity index (χ1) is 7.15. The molecule has 0 unspecified atom stereocenters. The van der Waals surface area contributed by atoms with Crippen molar-refractivity contribution in [2.45, 2.75) is 19.8 Å². The number of rotatable bonds is 5. The molecular weight excluding hydrogens is 196 g/mol. The molecule has 0 atom stereocenters.